The number of rotatable bonds is 4. The van der Waals surface area contributed by atoms with E-state index in [2.05, 4.69) is 5.32 Å². The van der Waals surface area contributed by atoms with Crippen LogP contribution >= 0.6 is 0 Å². The van der Waals surface area contributed by atoms with Crippen molar-refractivity contribution in [1.82, 2.24) is 4.31 Å². The van der Waals surface area contributed by atoms with Crippen LogP contribution in [0.1, 0.15) is 25.3 Å². The first kappa shape index (κ1) is 16.0. The molecule has 0 aromatic heterocycles. The third-order valence-corrected chi connectivity index (χ3v) is 5.76. The monoisotopic (exact) mass is 310 g/mol. The second-order valence-electron chi connectivity index (χ2n) is 5.40. The molecule has 2 rings (SSSR count). The molecule has 1 amide bonds. The molecule has 0 unspecified atom stereocenters. The maximum absolute atomic E-state index is 12.3. The average Bonchev–Trinajstić information content (AvgIpc) is 2.49. The molecule has 0 bridgehead atoms. The first-order valence-corrected chi connectivity index (χ1v) is 8.89. The van der Waals surface area contributed by atoms with Gasteiger partial charge in [-0.25, -0.2) is 12.7 Å². The van der Waals surface area contributed by atoms with Gasteiger partial charge >= 0.3 is 0 Å². The lowest BCUT2D eigenvalue weighted by molar-refractivity contribution is -0.120. The lowest BCUT2D eigenvalue weighted by Gasteiger charge is -2.31. The van der Waals surface area contributed by atoms with Crippen LogP contribution in [0.25, 0.3) is 0 Å². The van der Waals surface area contributed by atoms with E-state index >= 15 is 0 Å². The number of para-hydroxylation sites is 1. The van der Waals surface area contributed by atoms with Gasteiger partial charge < -0.3 is 5.32 Å². The van der Waals surface area contributed by atoms with Gasteiger partial charge in [0, 0.05) is 18.8 Å². The number of carbonyl (C=O) groups is 1. The number of aryl methyl sites for hydroxylation is 1. The van der Waals surface area contributed by atoms with Crippen molar-refractivity contribution >= 4 is 21.6 Å². The largest absolute Gasteiger partial charge is 0.326 e. The summed E-state index contributed by atoms with van der Waals surface area (Å²) in [6.45, 7) is 4.37. The second-order valence-corrected chi connectivity index (χ2v) is 7.66. The van der Waals surface area contributed by atoms with E-state index in [9.17, 15) is 13.2 Å². The van der Waals surface area contributed by atoms with Gasteiger partial charge in [-0.2, -0.15) is 0 Å². The zero-order valence-corrected chi connectivity index (χ0v) is 13.3. The normalized spacial score (nSPS) is 20.2. The molecule has 1 heterocycles. The van der Waals surface area contributed by atoms with E-state index in [-0.39, 0.29) is 24.1 Å². The van der Waals surface area contributed by atoms with Crippen molar-refractivity contribution in [3.8, 4) is 0 Å². The summed E-state index contributed by atoms with van der Waals surface area (Å²) in [7, 11) is -3.22. The highest BCUT2D eigenvalue weighted by molar-refractivity contribution is 7.89. The van der Waals surface area contributed by atoms with E-state index in [0.717, 1.165) is 24.1 Å². The van der Waals surface area contributed by atoms with Gasteiger partial charge in [-0.3, -0.25) is 4.79 Å². The number of benzene rings is 1. The Bertz CT molecular complexity index is 613. The van der Waals surface area contributed by atoms with Gasteiger partial charge in [0.05, 0.1) is 11.7 Å². The molecule has 0 radical (unpaired) electrons. The van der Waals surface area contributed by atoms with Crippen LogP contribution in [-0.2, 0) is 14.8 Å². The molecule has 21 heavy (non-hydrogen) atoms. The number of nitrogens with zero attached hydrogens (tertiary/aromatic N) is 1. The molecular weight excluding hydrogens is 288 g/mol. The summed E-state index contributed by atoms with van der Waals surface area (Å²) in [5, 5.41) is 2.91. The molecule has 0 aliphatic carbocycles. The van der Waals surface area contributed by atoms with Crippen molar-refractivity contribution < 1.29 is 13.2 Å². The molecule has 0 saturated carbocycles. The molecule has 5 nitrogen and oxygen atoms in total. The van der Waals surface area contributed by atoms with Crippen LogP contribution in [0.3, 0.4) is 0 Å². The lowest BCUT2D eigenvalue weighted by Crippen LogP contribution is -2.44. The van der Waals surface area contributed by atoms with Crippen LogP contribution in [0.15, 0.2) is 24.3 Å². The predicted octanol–water partition coefficient (Wildman–Crippen LogP) is 2.00. The highest BCUT2D eigenvalue weighted by Crippen LogP contribution is 2.22. The van der Waals surface area contributed by atoms with Gasteiger partial charge in [-0.1, -0.05) is 18.2 Å². The number of hydrogen-bond acceptors (Lipinski definition) is 3. The summed E-state index contributed by atoms with van der Waals surface area (Å²) in [5.74, 6) is -0.293. The van der Waals surface area contributed by atoms with Crippen molar-refractivity contribution in [2.45, 2.75) is 26.7 Å². The van der Waals surface area contributed by atoms with Gasteiger partial charge in [0.2, 0.25) is 15.9 Å². The number of nitrogens with one attached hydrogen (secondary N) is 1. The molecule has 1 aliphatic heterocycles. The summed E-state index contributed by atoms with van der Waals surface area (Å²) in [6.07, 6.45) is 1.46. The molecule has 1 aromatic rings. The quantitative estimate of drug-likeness (QED) is 0.925. The third kappa shape index (κ3) is 3.83. The SMILES string of the molecule is CCS(=O)(=O)N1CCC[C@H](C(=O)Nc2ccccc2C)C1. The molecule has 6 heteroatoms. The summed E-state index contributed by atoms with van der Waals surface area (Å²) in [5.41, 5.74) is 1.79. The molecule has 1 atom stereocenters. The second kappa shape index (κ2) is 6.58. The predicted molar refractivity (Wildman–Crippen MR) is 83.6 cm³/mol. The van der Waals surface area contributed by atoms with E-state index in [4.69, 9.17) is 0 Å². The Morgan fingerprint density at radius 3 is 2.76 bits per heavy atom. The highest BCUT2D eigenvalue weighted by atomic mass is 32.2. The van der Waals surface area contributed by atoms with Crippen molar-refractivity contribution in [3.63, 3.8) is 0 Å². The van der Waals surface area contributed by atoms with Crippen molar-refractivity contribution in [3.05, 3.63) is 29.8 Å². The minimum absolute atomic E-state index is 0.0825. The molecule has 1 saturated heterocycles. The smallest absolute Gasteiger partial charge is 0.228 e. The van der Waals surface area contributed by atoms with Crippen molar-refractivity contribution in [2.24, 2.45) is 5.92 Å². The first-order valence-electron chi connectivity index (χ1n) is 7.28. The Morgan fingerprint density at radius 2 is 2.10 bits per heavy atom. The topological polar surface area (TPSA) is 66.5 Å². The van der Waals surface area contributed by atoms with E-state index in [1.54, 1.807) is 6.92 Å². The summed E-state index contributed by atoms with van der Waals surface area (Å²) in [4.78, 5) is 12.3. The van der Waals surface area contributed by atoms with Crippen LogP contribution in [0.4, 0.5) is 5.69 Å². The van der Waals surface area contributed by atoms with E-state index in [1.807, 2.05) is 31.2 Å². The van der Waals surface area contributed by atoms with Crippen LogP contribution in [-0.4, -0.2) is 37.5 Å². The van der Waals surface area contributed by atoms with Gasteiger partial charge in [-0.15, -0.1) is 0 Å². The molecule has 1 aliphatic rings. The third-order valence-electron chi connectivity index (χ3n) is 3.92. The molecule has 0 spiro atoms. The summed E-state index contributed by atoms with van der Waals surface area (Å²) in [6, 6.07) is 7.58. The zero-order valence-electron chi connectivity index (χ0n) is 12.5. The lowest BCUT2D eigenvalue weighted by atomic mass is 9.98. The van der Waals surface area contributed by atoms with E-state index in [0.29, 0.717) is 6.54 Å². The number of piperidine rings is 1. The van der Waals surface area contributed by atoms with Crippen LogP contribution in [0.2, 0.25) is 0 Å². The van der Waals surface area contributed by atoms with Crippen LogP contribution < -0.4 is 5.32 Å². The molecule has 1 fully saturated rings. The first-order chi connectivity index (χ1) is 9.94. The Balaban J connectivity index is 2.05. The number of hydrogen-bond donors (Lipinski definition) is 1. The van der Waals surface area contributed by atoms with Crippen molar-refractivity contribution in [2.75, 3.05) is 24.2 Å². The molecular formula is C15H22N2O3S. The summed E-state index contributed by atoms with van der Waals surface area (Å²) >= 11 is 0. The van der Waals surface area contributed by atoms with Crippen molar-refractivity contribution in [1.29, 1.82) is 0 Å². The Morgan fingerprint density at radius 1 is 1.38 bits per heavy atom. The minimum atomic E-state index is -3.22. The fourth-order valence-electron chi connectivity index (χ4n) is 2.54. The standard InChI is InChI=1S/C15H22N2O3S/c1-3-21(19,20)17-10-6-8-13(11-17)15(18)16-14-9-5-4-7-12(14)2/h4-5,7,9,13H,3,6,8,10-11H2,1-2H3,(H,16,18)/t13-/m0/s1. The van der Waals surface area contributed by atoms with Gasteiger partial charge in [0.25, 0.3) is 0 Å². The average molecular weight is 310 g/mol. The van der Waals surface area contributed by atoms with E-state index < -0.39 is 10.0 Å². The maximum atomic E-state index is 12.3. The molecule has 1 N–H and O–H groups in total. The fourth-order valence-corrected chi connectivity index (χ4v) is 3.72. The highest BCUT2D eigenvalue weighted by Gasteiger charge is 2.31. The maximum Gasteiger partial charge on any atom is 0.228 e. The Kier molecular flexibility index (Phi) is 5.00. The summed E-state index contributed by atoms with van der Waals surface area (Å²) < 4.78 is 25.3. The number of carbonyl (C=O) groups excluding carboxylic acids is 1. The van der Waals surface area contributed by atoms with Crippen LogP contribution in [0, 0.1) is 12.8 Å². The number of amides is 1. The van der Waals surface area contributed by atoms with Crippen LogP contribution in [0.5, 0.6) is 0 Å². The zero-order chi connectivity index (χ0) is 15.5. The molecule has 116 valence electrons. The van der Waals surface area contributed by atoms with Gasteiger partial charge in [-0.05, 0) is 38.3 Å². The fraction of sp³-hybridized carbons (Fsp3) is 0.533. The Hall–Kier alpha value is -1.40. The Labute approximate surface area is 126 Å². The minimum Gasteiger partial charge on any atom is -0.326 e. The molecule has 1 aromatic carbocycles. The van der Waals surface area contributed by atoms with Gasteiger partial charge in [0.15, 0.2) is 0 Å². The number of anilines is 1. The van der Waals surface area contributed by atoms with E-state index in [1.165, 1.54) is 4.31 Å². The van der Waals surface area contributed by atoms with Gasteiger partial charge in [0.1, 0.15) is 0 Å². The number of sulfonamides is 1.